The lowest BCUT2D eigenvalue weighted by Gasteiger charge is -2.07. The van der Waals surface area contributed by atoms with Gasteiger partial charge >= 0.3 is 0 Å². The van der Waals surface area contributed by atoms with E-state index in [0.29, 0.717) is 29.4 Å². The summed E-state index contributed by atoms with van der Waals surface area (Å²) in [5, 5.41) is 8.11. The molecular weight excluding hydrogens is 364 g/mol. The number of rotatable bonds is 7. The maximum absolute atomic E-state index is 12.2. The van der Waals surface area contributed by atoms with Crippen molar-refractivity contribution < 1.29 is 14.3 Å². The topological polar surface area (TPSA) is 93.2 Å². The highest BCUT2D eigenvalue weighted by Crippen LogP contribution is 2.17. The van der Waals surface area contributed by atoms with Gasteiger partial charge in [-0.25, -0.2) is 4.98 Å². The Labute approximate surface area is 160 Å². The summed E-state index contributed by atoms with van der Waals surface area (Å²) >= 11 is 1.44. The number of anilines is 2. The number of nitrogens with zero attached hydrogens (tertiary/aromatic N) is 2. The van der Waals surface area contributed by atoms with Crippen LogP contribution < -0.4 is 15.4 Å². The number of amides is 2. The summed E-state index contributed by atoms with van der Waals surface area (Å²) in [7, 11) is 0. The minimum absolute atomic E-state index is 0.160. The molecule has 0 aliphatic carbocycles. The van der Waals surface area contributed by atoms with Gasteiger partial charge in [0.1, 0.15) is 17.4 Å². The van der Waals surface area contributed by atoms with Crippen LogP contribution in [0.4, 0.5) is 11.4 Å². The van der Waals surface area contributed by atoms with Gasteiger partial charge in [0.2, 0.25) is 11.8 Å². The molecule has 0 fully saturated rings. The molecule has 1 aromatic carbocycles. The van der Waals surface area contributed by atoms with Crippen molar-refractivity contribution in [1.82, 2.24) is 9.97 Å². The number of aromatic nitrogens is 2. The van der Waals surface area contributed by atoms with Crippen LogP contribution in [0.3, 0.4) is 0 Å². The molecule has 3 rings (SSSR count). The van der Waals surface area contributed by atoms with Crippen LogP contribution in [-0.4, -0.2) is 21.8 Å². The molecule has 138 valence electrons. The number of benzene rings is 1. The Morgan fingerprint density at radius 2 is 1.96 bits per heavy atom. The van der Waals surface area contributed by atoms with Crippen molar-refractivity contribution in [3.05, 3.63) is 64.9 Å². The number of ether oxygens (including phenoxy) is 1. The quantitative estimate of drug-likeness (QED) is 0.654. The van der Waals surface area contributed by atoms with Crippen molar-refractivity contribution in [2.45, 2.75) is 20.0 Å². The van der Waals surface area contributed by atoms with Gasteiger partial charge in [-0.15, -0.1) is 11.3 Å². The van der Waals surface area contributed by atoms with Crippen molar-refractivity contribution in [2.75, 3.05) is 10.6 Å². The van der Waals surface area contributed by atoms with Crippen molar-refractivity contribution in [3.63, 3.8) is 0 Å². The second-order valence-electron chi connectivity index (χ2n) is 5.70. The first-order chi connectivity index (χ1) is 13.1. The molecule has 2 N–H and O–H groups in total. The molecule has 0 aliphatic rings. The molecule has 27 heavy (non-hydrogen) atoms. The Kier molecular flexibility index (Phi) is 6.11. The zero-order chi connectivity index (χ0) is 19.1. The Balaban J connectivity index is 1.52. The molecule has 3 aromatic rings. The van der Waals surface area contributed by atoms with Crippen molar-refractivity contribution in [1.29, 1.82) is 0 Å². The van der Waals surface area contributed by atoms with E-state index in [0.717, 1.165) is 5.01 Å². The third-order valence-electron chi connectivity index (χ3n) is 3.40. The number of carbonyl (C=O) groups is 2. The Morgan fingerprint density at radius 3 is 2.70 bits per heavy atom. The van der Waals surface area contributed by atoms with E-state index in [2.05, 4.69) is 20.6 Å². The van der Waals surface area contributed by atoms with Crippen molar-refractivity contribution in [3.8, 4) is 5.75 Å². The zero-order valence-electron chi connectivity index (χ0n) is 14.6. The Bertz CT molecular complexity index is 927. The highest BCUT2D eigenvalue weighted by Gasteiger charge is 2.09. The summed E-state index contributed by atoms with van der Waals surface area (Å²) in [5.74, 6) is 0.327. The minimum Gasteiger partial charge on any atom is -0.485 e. The lowest BCUT2D eigenvalue weighted by atomic mass is 10.2. The van der Waals surface area contributed by atoms with Crippen LogP contribution in [-0.2, 0) is 22.6 Å². The van der Waals surface area contributed by atoms with Gasteiger partial charge in [-0.2, -0.15) is 0 Å². The molecule has 0 bridgehead atoms. The third kappa shape index (κ3) is 5.89. The SMILES string of the molecule is CC(=O)Nc1cccc(NC(=O)Cc2csc(COc3cccnc3)n2)c1. The monoisotopic (exact) mass is 382 g/mol. The molecule has 8 heteroatoms. The fourth-order valence-corrected chi connectivity index (χ4v) is 3.03. The van der Waals surface area contributed by atoms with Gasteiger partial charge in [-0.1, -0.05) is 6.07 Å². The van der Waals surface area contributed by atoms with Crippen LogP contribution in [0.2, 0.25) is 0 Å². The van der Waals surface area contributed by atoms with Crippen molar-refractivity contribution >= 4 is 34.5 Å². The van der Waals surface area contributed by atoms with E-state index in [1.54, 1.807) is 42.7 Å². The molecular formula is C19H18N4O3S. The van der Waals surface area contributed by atoms with E-state index in [4.69, 9.17) is 4.74 Å². The van der Waals surface area contributed by atoms with Crippen molar-refractivity contribution in [2.24, 2.45) is 0 Å². The molecule has 2 heterocycles. The zero-order valence-corrected chi connectivity index (χ0v) is 15.5. The lowest BCUT2D eigenvalue weighted by Crippen LogP contribution is -2.15. The number of carbonyl (C=O) groups excluding carboxylic acids is 2. The Hall–Kier alpha value is -3.26. The first kappa shape index (κ1) is 18.5. The standard InChI is InChI=1S/C19H18N4O3S/c1-13(24)21-14-4-2-5-15(8-14)22-18(25)9-16-12-27-19(23-16)11-26-17-6-3-7-20-10-17/h2-8,10,12H,9,11H2,1H3,(H,21,24)(H,22,25). The van der Waals surface area contributed by atoms with Crippen LogP contribution in [0.5, 0.6) is 5.75 Å². The number of hydrogen-bond acceptors (Lipinski definition) is 6. The van der Waals surface area contributed by atoms with E-state index in [1.807, 2.05) is 11.4 Å². The van der Waals surface area contributed by atoms with Gasteiger partial charge in [-0.3, -0.25) is 14.6 Å². The maximum atomic E-state index is 12.2. The highest BCUT2D eigenvalue weighted by atomic mass is 32.1. The van der Waals surface area contributed by atoms with Gasteiger partial charge in [0.15, 0.2) is 0 Å². The molecule has 0 unspecified atom stereocenters. The average Bonchev–Trinajstić information content (AvgIpc) is 3.08. The number of hydrogen-bond donors (Lipinski definition) is 2. The molecule has 2 amide bonds. The molecule has 0 aliphatic heterocycles. The molecule has 7 nitrogen and oxygen atoms in total. The van der Waals surface area contributed by atoms with E-state index in [-0.39, 0.29) is 18.2 Å². The smallest absolute Gasteiger partial charge is 0.230 e. The third-order valence-corrected chi connectivity index (χ3v) is 4.28. The van der Waals surface area contributed by atoms with Gasteiger partial charge in [0.05, 0.1) is 18.3 Å². The van der Waals surface area contributed by atoms with E-state index >= 15 is 0 Å². The largest absolute Gasteiger partial charge is 0.485 e. The van der Waals surface area contributed by atoms with E-state index in [1.165, 1.54) is 18.3 Å². The van der Waals surface area contributed by atoms with Gasteiger partial charge < -0.3 is 15.4 Å². The number of thiazole rings is 1. The first-order valence-electron chi connectivity index (χ1n) is 8.22. The predicted octanol–water partition coefficient (Wildman–Crippen LogP) is 3.26. The number of nitrogens with one attached hydrogen (secondary N) is 2. The first-order valence-corrected chi connectivity index (χ1v) is 9.10. The van der Waals surface area contributed by atoms with Crippen LogP contribution in [0.25, 0.3) is 0 Å². The van der Waals surface area contributed by atoms with Crippen LogP contribution >= 0.6 is 11.3 Å². The molecule has 0 saturated carbocycles. The molecule has 0 radical (unpaired) electrons. The maximum Gasteiger partial charge on any atom is 0.230 e. The number of pyridine rings is 1. The van der Waals surface area contributed by atoms with E-state index in [9.17, 15) is 9.59 Å². The molecule has 0 spiro atoms. The summed E-state index contributed by atoms with van der Waals surface area (Å²) in [5.41, 5.74) is 1.92. The summed E-state index contributed by atoms with van der Waals surface area (Å²) in [6, 6.07) is 10.6. The van der Waals surface area contributed by atoms with E-state index < -0.39 is 0 Å². The molecule has 0 atom stereocenters. The molecule has 0 saturated heterocycles. The van der Waals surface area contributed by atoms with Crippen LogP contribution in [0.15, 0.2) is 54.2 Å². The summed E-state index contributed by atoms with van der Waals surface area (Å²) in [6.45, 7) is 1.76. The lowest BCUT2D eigenvalue weighted by molar-refractivity contribution is -0.116. The summed E-state index contributed by atoms with van der Waals surface area (Å²) in [4.78, 5) is 31.7. The average molecular weight is 382 g/mol. The predicted molar refractivity (Wildman–Crippen MR) is 104 cm³/mol. The van der Waals surface area contributed by atoms with Crippen LogP contribution in [0, 0.1) is 0 Å². The summed E-state index contributed by atoms with van der Waals surface area (Å²) in [6.07, 6.45) is 3.48. The minimum atomic E-state index is -0.181. The van der Waals surface area contributed by atoms with Gasteiger partial charge in [0.25, 0.3) is 0 Å². The highest BCUT2D eigenvalue weighted by molar-refractivity contribution is 7.09. The summed E-state index contributed by atoms with van der Waals surface area (Å²) < 4.78 is 5.60. The van der Waals surface area contributed by atoms with Gasteiger partial charge in [0, 0.05) is 29.9 Å². The van der Waals surface area contributed by atoms with Crippen LogP contribution in [0.1, 0.15) is 17.6 Å². The fourth-order valence-electron chi connectivity index (χ4n) is 2.32. The Morgan fingerprint density at radius 1 is 1.15 bits per heavy atom. The molecule has 2 aromatic heterocycles. The van der Waals surface area contributed by atoms with Gasteiger partial charge in [-0.05, 0) is 30.3 Å². The fraction of sp³-hybridized carbons (Fsp3) is 0.158. The second-order valence-corrected chi connectivity index (χ2v) is 6.64. The second kappa shape index (κ2) is 8.91. The normalized spacial score (nSPS) is 10.3.